The second kappa shape index (κ2) is 7.33. The van der Waals surface area contributed by atoms with Crippen molar-refractivity contribution in [2.75, 3.05) is 0 Å². The number of hydrogen-bond donors (Lipinski definition) is 2. The molecule has 0 aliphatic heterocycles. The van der Waals surface area contributed by atoms with Gasteiger partial charge in [-0.15, -0.1) is 0 Å². The van der Waals surface area contributed by atoms with Gasteiger partial charge in [-0.25, -0.2) is 9.97 Å². The Balaban J connectivity index is 0.000000324. The zero-order valence-electron chi connectivity index (χ0n) is 10.0. The predicted octanol–water partition coefficient (Wildman–Crippen LogP) is -1.84. The average molecular weight is 309 g/mol. The molecule has 0 saturated carbocycles. The molecule has 0 amide bonds. The molecule has 0 aromatic carbocycles. The van der Waals surface area contributed by atoms with E-state index in [-0.39, 0.29) is 28.4 Å². The van der Waals surface area contributed by atoms with Crippen molar-refractivity contribution in [2.45, 2.75) is 13.8 Å². The van der Waals surface area contributed by atoms with Gasteiger partial charge in [-0.2, -0.15) is 0 Å². The number of hydrogen-bond acceptors (Lipinski definition) is 6. The van der Waals surface area contributed by atoms with Crippen LogP contribution in [0.15, 0.2) is 12.4 Å². The molecule has 0 unspecified atom stereocenters. The average Bonchev–Trinajstić information content (AvgIpc) is 2.88. The maximum Gasteiger partial charge on any atom is 2.00 e. The molecule has 9 heteroatoms. The molecule has 2 rings (SSSR count). The fourth-order valence-corrected chi connectivity index (χ4v) is 1.03. The molecule has 2 heterocycles. The van der Waals surface area contributed by atoms with E-state index in [4.69, 9.17) is 0 Å². The van der Waals surface area contributed by atoms with Crippen molar-refractivity contribution >= 4 is 11.9 Å². The normalized spacial score (nSPS) is 8.95. The Kier molecular flexibility index (Phi) is 6.51. The van der Waals surface area contributed by atoms with Gasteiger partial charge in [-0.3, -0.25) is 0 Å². The number of nitrogens with one attached hydrogen (secondary N) is 2. The maximum absolute atomic E-state index is 10.0. The van der Waals surface area contributed by atoms with Crippen LogP contribution in [-0.4, -0.2) is 31.9 Å². The van der Waals surface area contributed by atoms with Gasteiger partial charge in [-0.05, 0) is 13.8 Å². The quantitative estimate of drug-likeness (QED) is 0.668. The van der Waals surface area contributed by atoms with Gasteiger partial charge in [-0.1, -0.05) is 0 Å². The Hall–Kier alpha value is -2.13. The van der Waals surface area contributed by atoms with Crippen LogP contribution in [0.4, 0.5) is 0 Å². The number of aromatic carboxylic acids is 2. The Morgan fingerprint density at radius 2 is 1.26 bits per heavy atom. The molecule has 0 bridgehead atoms. The zero-order chi connectivity index (χ0) is 13.7. The largest absolute Gasteiger partial charge is 2.00 e. The zero-order valence-corrected chi connectivity index (χ0v) is 11.1. The summed E-state index contributed by atoms with van der Waals surface area (Å²) in [4.78, 5) is 32.0. The van der Waals surface area contributed by atoms with Crippen molar-refractivity contribution in [3.8, 4) is 0 Å². The van der Waals surface area contributed by atoms with Crippen molar-refractivity contribution < 1.29 is 36.6 Å². The Labute approximate surface area is 118 Å². The van der Waals surface area contributed by atoms with Crippen LogP contribution in [0.25, 0.3) is 0 Å². The van der Waals surface area contributed by atoms with E-state index in [1.807, 2.05) is 0 Å². The number of carbonyl (C=O) groups is 2. The first-order valence-corrected chi connectivity index (χ1v) is 4.86. The fraction of sp³-hybridized carbons (Fsp3) is 0.200. The third kappa shape index (κ3) is 5.36. The van der Waals surface area contributed by atoms with Crippen LogP contribution in [0.1, 0.15) is 32.6 Å². The summed E-state index contributed by atoms with van der Waals surface area (Å²) in [6, 6.07) is 0. The summed E-state index contributed by atoms with van der Waals surface area (Å²) in [6.45, 7) is 3.44. The Bertz CT molecular complexity index is 513. The van der Waals surface area contributed by atoms with Crippen LogP contribution in [0.2, 0.25) is 0 Å². The number of aryl methyl sites for hydroxylation is 2. The summed E-state index contributed by atoms with van der Waals surface area (Å²) in [6.07, 6.45) is 2.87. The first-order valence-electron chi connectivity index (χ1n) is 4.86. The van der Waals surface area contributed by atoms with Gasteiger partial charge in [0.15, 0.2) is 11.6 Å². The number of nitrogens with zero attached hydrogens (tertiary/aromatic N) is 2. The molecule has 0 fully saturated rings. The summed E-state index contributed by atoms with van der Waals surface area (Å²) < 4.78 is 0. The van der Waals surface area contributed by atoms with Crippen LogP contribution in [0, 0.1) is 13.8 Å². The van der Waals surface area contributed by atoms with Crippen LogP contribution >= 0.6 is 0 Å². The number of imidazole rings is 2. The summed E-state index contributed by atoms with van der Waals surface area (Å²) in [5.41, 5.74) is 1.43. The molecule has 19 heavy (non-hydrogen) atoms. The number of aromatic amines is 2. The fourth-order valence-electron chi connectivity index (χ4n) is 1.03. The molecular formula is C10H10CoN4O4. The van der Waals surface area contributed by atoms with E-state index in [0.29, 0.717) is 11.4 Å². The number of rotatable bonds is 2. The van der Waals surface area contributed by atoms with Crippen molar-refractivity contribution in [3.05, 3.63) is 35.4 Å². The molecule has 1 radical (unpaired) electrons. The van der Waals surface area contributed by atoms with E-state index < -0.39 is 11.9 Å². The van der Waals surface area contributed by atoms with Gasteiger partial charge in [0.1, 0.15) is 11.9 Å². The molecule has 0 aliphatic carbocycles. The van der Waals surface area contributed by atoms with Gasteiger partial charge in [0.05, 0.1) is 0 Å². The predicted molar refractivity (Wildman–Crippen MR) is 55.3 cm³/mol. The van der Waals surface area contributed by atoms with Crippen molar-refractivity contribution in [1.29, 1.82) is 0 Å². The molecule has 0 atom stereocenters. The summed E-state index contributed by atoms with van der Waals surface area (Å²) in [5.74, 6) is -2.79. The van der Waals surface area contributed by atoms with Gasteiger partial charge in [0.2, 0.25) is 0 Å². The Morgan fingerprint density at radius 3 is 1.37 bits per heavy atom. The van der Waals surface area contributed by atoms with Gasteiger partial charge in [0, 0.05) is 23.8 Å². The topological polar surface area (TPSA) is 138 Å². The molecule has 0 saturated heterocycles. The van der Waals surface area contributed by atoms with Crippen molar-refractivity contribution in [1.82, 2.24) is 19.9 Å². The molecule has 2 aromatic rings. The molecule has 0 spiro atoms. The minimum absolute atomic E-state index is 0. The van der Waals surface area contributed by atoms with E-state index in [1.54, 1.807) is 13.8 Å². The van der Waals surface area contributed by atoms with Crippen molar-refractivity contribution in [3.63, 3.8) is 0 Å². The van der Waals surface area contributed by atoms with Gasteiger partial charge in [0.25, 0.3) is 0 Å². The molecule has 103 valence electrons. The third-order valence-electron chi connectivity index (χ3n) is 1.79. The van der Waals surface area contributed by atoms with E-state index in [1.165, 1.54) is 12.4 Å². The maximum atomic E-state index is 10.0. The third-order valence-corrected chi connectivity index (χ3v) is 1.79. The minimum Gasteiger partial charge on any atom is -0.542 e. The molecular weight excluding hydrogens is 299 g/mol. The minimum atomic E-state index is -1.27. The first kappa shape index (κ1) is 16.9. The van der Waals surface area contributed by atoms with Gasteiger partial charge >= 0.3 is 16.8 Å². The number of carboxylic acid groups (broad SMARTS) is 2. The summed E-state index contributed by atoms with van der Waals surface area (Å²) in [5, 5.41) is 20.0. The number of aromatic nitrogens is 4. The number of carboxylic acids is 2. The molecule has 2 N–H and O–H groups in total. The van der Waals surface area contributed by atoms with Crippen LogP contribution in [0.5, 0.6) is 0 Å². The SMILES string of the molecule is Cc1cnc(C(=O)[O-])[nH]1.Cc1cnc(C(=O)[O-])[nH]1.[Co+2]. The van der Waals surface area contributed by atoms with Crippen LogP contribution in [0.3, 0.4) is 0 Å². The molecule has 8 nitrogen and oxygen atoms in total. The Morgan fingerprint density at radius 1 is 0.947 bits per heavy atom. The standard InChI is InChI=1S/2C5H6N2O2.Co/c2*1-3-2-6-4(7-3)5(8)9;/h2*2H,1H3,(H,6,7)(H,8,9);/q;;+2/p-2. The number of carbonyl (C=O) groups excluding carboxylic acids is 2. The molecule has 0 aliphatic rings. The second-order valence-electron chi connectivity index (χ2n) is 3.40. The van der Waals surface area contributed by atoms with Gasteiger partial charge < -0.3 is 29.8 Å². The smallest absolute Gasteiger partial charge is 0.542 e. The van der Waals surface area contributed by atoms with E-state index in [0.717, 1.165) is 0 Å². The summed E-state index contributed by atoms with van der Waals surface area (Å²) >= 11 is 0. The van der Waals surface area contributed by atoms with Crippen LogP contribution < -0.4 is 10.2 Å². The summed E-state index contributed by atoms with van der Waals surface area (Å²) in [7, 11) is 0. The monoisotopic (exact) mass is 309 g/mol. The van der Waals surface area contributed by atoms with Crippen molar-refractivity contribution in [2.24, 2.45) is 0 Å². The van der Waals surface area contributed by atoms with E-state index in [9.17, 15) is 19.8 Å². The first-order chi connectivity index (χ1) is 8.40. The van der Waals surface area contributed by atoms with E-state index >= 15 is 0 Å². The van der Waals surface area contributed by atoms with Crippen LogP contribution in [-0.2, 0) is 16.8 Å². The van der Waals surface area contributed by atoms with E-state index in [2.05, 4.69) is 19.9 Å². The second-order valence-corrected chi connectivity index (χ2v) is 3.40. The number of H-pyrrole nitrogens is 2. The molecule has 2 aromatic heterocycles.